The fourth-order valence-electron chi connectivity index (χ4n) is 3.08. The molecule has 1 saturated heterocycles. The summed E-state index contributed by atoms with van der Waals surface area (Å²) in [4.78, 5) is 26.8. The first-order valence-electron chi connectivity index (χ1n) is 9.57. The zero-order chi connectivity index (χ0) is 22.7. The Labute approximate surface area is 208 Å². The molecule has 0 aromatic heterocycles. The standard InChI is InChI=1S/C24H16BrCl2NO3S/c25-18-7-3-1-5-16(18)13-28-23(29)22(32-24(28)30)12-15-9-10-21(20(27)11-15)31-14-17-6-2-4-8-19(17)26/h1-12H,13-14H2/b22-12-. The van der Waals surface area contributed by atoms with Crippen LogP contribution in [0.2, 0.25) is 10.0 Å². The Morgan fingerprint density at radius 3 is 2.38 bits per heavy atom. The van der Waals surface area contributed by atoms with Crippen LogP contribution in [-0.4, -0.2) is 16.0 Å². The lowest BCUT2D eigenvalue weighted by atomic mass is 10.2. The van der Waals surface area contributed by atoms with Crippen molar-refractivity contribution < 1.29 is 14.3 Å². The molecule has 0 N–H and O–H groups in total. The van der Waals surface area contributed by atoms with E-state index < -0.39 is 0 Å². The molecule has 2 amide bonds. The van der Waals surface area contributed by atoms with E-state index in [4.69, 9.17) is 27.9 Å². The van der Waals surface area contributed by atoms with Crippen molar-refractivity contribution in [1.82, 2.24) is 4.90 Å². The van der Waals surface area contributed by atoms with Crippen molar-refractivity contribution in [2.75, 3.05) is 0 Å². The Balaban J connectivity index is 1.47. The Morgan fingerprint density at radius 1 is 0.938 bits per heavy atom. The van der Waals surface area contributed by atoms with Gasteiger partial charge in [0.05, 0.1) is 16.5 Å². The predicted molar refractivity (Wildman–Crippen MR) is 133 cm³/mol. The fourth-order valence-corrected chi connectivity index (χ4v) is 4.76. The van der Waals surface area contributed by atoms with Crippen LogP contribution in [0.1, 0.15) is 16.7 Å². The Bertz CT molecular complexity index is 1230. The van der Waals surface area contributed by atoms with Crippen LogP contribution in [0.5, 0.6) is 5.75 Å². The number of thioether (sulfide) groups is 1. The highest BCUT2D eigenvalue weighted by Crippen LogP contribution is 2.35. The number of hydrogen-bond donors (Lipinski definition) is 0. The highest BCUT2D eigenvalue weighted by molar-refractivity contribution is 9.10. The molecule has 0 radical (unpaired) electrons. The van der Waals surface area contributed by atoms with E-state index in [0.29, 0.717) is 26.3 Å². The van der Waals surface area contributed by atoms with Crippen molar-refractivity contribution in [2.24, 2.45) is 0 Å². The number of carbonyl (C=O) groups is 2. The summed E-state index contributed by atoms with van der Waals surface area (Å²) in [5.74, 6) is 0.177. The van der Waals surface area contributed by atoms with E-state index in [9.17, 15) is 9.59 Å². The van der Waals surface area contributed by atoms with Gasteiger partial charge in [0.2, 0.25) is 0 Å². The Hall–Kier alpha value is -2.25. The van der Waals surface area contributed by atoms with Crippen LogP contribution in [0, 0.1) is 0 Å². The van der Waals surface area contributed by atoms with Crippen LogP contribution in [0.25, 0.3) is 6.08 Å². The summed E-state index contributed by atoms with van der Waals surface area (Å²) in [5.41, 5.74) is 2.42. The maximum Gasteiger partial charge on any atom is 0.293 e. The smallest absolute Gasteiger partial charge is 0.293 e. The number of carbonyl (C=O) groups excluding carboxylic acids is 2. The van der Waals surface area contributed by atoms with Crippen molar-refractivity contribution in [3.8, 4) is 5.75 Å². The van der Waals surface area contributed by atoms with Gasteiger partial charge in [0.15, 0.2) is 0 Å². The quantitative estimate of drug-likeness (QED) is 0.298. The first kappa shape index (κ1) is 22.9. The molecule has 1 aliphatic heterocycles. The Kier molecular flexibility index (Phi) is 7.26. The lowest BCUT2D eigenvalue weighted by Crippen LogP contribution is -2.27. The maximum atomic E-state index is 12.8. The average molecular weight is 549 g/mol. The summed E-state index contributed by atoms with van der Waals surface area (Å²) in [6, 6.07) is 20.1. The Morgan fingerprint density at radius 2 is 1.66 bits per heavy atom. The molecule has 32 heavy (non-hydrogen) atoms. The van der Waals surface area contributed by atoms with Crippen molar-refractivity contribution >= 4 is 68.1 Å². The lowest BCUT2D eigenvalue weighted by Gasteiger charge is -2.13. The first-order valence-corrected chi connectivity index (χ1v) is 11.9. The normalized spacial score (nSPS) is 15.0. The average Bonchev–Trinajstić information content (AvgIpc) is 3.03. The van der Waals surface area contributed by atoms with Crippen LogP contribution in [-0.2, 0) is 17.9 Å². The molecule has 4 nitrogen and oxygen atoms in total. The van der Waals surface area contributed by atoms with Crippen molar-refractivity contribution in [3.05, 3.63) is 103 Å². The van der Waals surface area contributed by atoms with Gasteiger partial charge in [-0.25, -0.2) is 0 Å². The molecule has 0 aliphatic carbocycles. The molecule has 162 valence electrons. The van der Waals surface area contributed by atoms with Gasteiger partial charge < -0.3 is 4.74 Å². The molecule has 4 rings (SSSR count). The third-order valence-electron chi connectivity index (χ3n) is 4.75. The molecular weight excluding hydrogens is 533 g/mol. The summed E-state index contributed by atoms with van der Waals surface area (Å²) >= 11 is 16.9. The van der Waals surface area contributed by atoms with Gasteiger partial charge in [0.1, 0.15) is 12.4 Å². The SMILES string of the molecule is O=C1S/C(=C\c2ccc(OCc3ccccc3Cl)c(Cl)c2)C(=O)N1Cc1ccccc1Br. The highest BCUT2D eigenvalue weighted by Gasteiger charge is 2.35. The molecule has 8 heteroatoms. The monoisotopic (exact) mass is 547 g/mol. The fraction of sp³-hybridized carbons (Fsp3) is 0.0833. The third kappa shape index (κ3) is 5.21. The number of rotatable bonds is 6. The zero-order valence-corrected chi connectivity index (χ0v) is 20.5. The third-order valence-corrected chi connectivity index (χ3v) is 7.10. The molecular formula is C24H16BrCl2NO3S. The van der Waals surface area contributed by atoms with E-state index in [-0.39, 0.29) is 24.3 Å². The topological polar surface area (TPSA) is 46.6 Å². The molecule has 3 aromatic carbocycles. The van der Waals surface area contributed by atoms with Gasteiger partial charge in [0, 0.05) is 15.1 Å². The van der Waals surface area contributed by atoms with Gasteiger partial charge in [-0.3, -0.25) is 14.5 Å². The van der Waals surface area contributed by atoms with E-state index in [1.165, 1.54) is 4.90 Å². The second-order valence-electron chi connectivity index (χ2n) is 6.93. The van der Waals surface area contributed by atoms with Crippen molar-refractivity contribution in [1.29, 1.82) is 0 Å². The second kappa shape index (κ2) is 10.1. The van der Waals surface area contributed by atoms with E-state index in [1.54, 1.807) is 30.3 Å². The molecule has 0 bridgehead atoms. The number of amides is 2. The molecule has 0 spiro atoms. The van der Waals surface area contributed by atoms with Crippen LogP contribution >= 0.6 is 50.9 Å². The first-order chi connectivity index (χ1) is 15.4. The molecule has 0 unspecified atom stereocenters. The lowest BCUT2D eigenvalue weighted by molar-refractivity contribution is -0.123. The largest absolute Gasteiger partial charge is 0.487 e. The number of imide groups is 1. The minimum atomic E-state index is -0.328. The molecule has 0 saturated carbocycles. The number of hydrogen-bond acceptors (Lipinski definition) is 4. The molecule has 3 aromatic rings. The maximum absolute atomic E-state index is 12.8. The van der Waals surface area contributed by atoms with Gasteiger partial charge in [-0.05, 0) is 53.2 Å². The van der Waals surface area contributed by atoms with E-state index in [1.807, 2.05) is 42.5 Å². The zero-order valence-electron chi connectivity index (χ0n) is 16.6. The minimum absolute atomic E-state index is 0.207. The van der Waals surface area contributed by atoms with Crippen LogP contribution in [0.4, 0.5) is 4.79 Å². The number of halogens is 3. The molecule has 0 atom stereocenters. The number of ether oxygens (including phenoxy) is 1. The summed E-state index contributed by atoms with van der Waals surface area (Å²) in [7, 11) is 0. The number of nitrogens with zero attached hydrogens (tertiary/aromatic N) is 1. The van der Waals surface area contributed by atoms with Crippen molar-refractivity contribution in [2.45, 2.75) is 13.2 Å². The van der Waals surface area contributed by atoms with Gasteiger partial charge in [-0.2, -0.15) is 0 Å². The highest BCUT2D eigenvalue weighted by atomic mass is 79.9. The van der Waals surface area contributed by atoms with Crippen molar-refractivity contribution in [3.63, 3.8) is 0 Å². The molecule has 1 heterocycles. The van der Waals surface area contributed by atoms with Crippen LogP contribution in [0.3, 0.4) is 0 Å². The van der Waals surface area contributed by atoms with E-state index >= 15 is 0 Å². The summed E-state index contributed by atoms with van der Waals surface area (Å²) in [6.07, 6.45) is 1.66. The van der Waals surface area contributed by atoms with Gasteiger partial charge >= 0.3 is 0 Å². The van der Waals surface area contributed by atoms with Gasteiger partial charge in [-0.1, -0.05) is 81.6 Å². The summed E-state index contributed by atoms with van der Waals surface area (Å²) in [6.45, 7) is 0.492. The number of benzene rings is 3. The van der Waals surface area contributed by atoms with E-state index in [2.05, 4.69) is 15.9 Å². The van der Waals surface area contributed by atoms with Crippen LogP contribution < -0.4 is 4.74 Å². The summed E-state index contributed by atoms with van der Waals surface area (Å²) < 4.78 is 6.63. The second-order valence-corrected chi connectivity index (χ2v) is 9.59. The van der Waals surface area contributed by atoms with Gasteiger partial charge in [-0.15, -0.1) is 0 Å². The minimum Gasteiger partial charge on any atom is -0.487 e. The van der Waals surface area contributed by atoms with Crippen LogP contribution in [0.15, 0.2) is 76.1 Å². The predicted octanol–water partition coefficient (Wildman–Crippen LogP) is 7.57. The van der Waals surface area contributed by atoms with E-state index in [0.717, 1.165) is 27.4 Å². The molecule has 1 fully saturated rings. The summed E-state index contributed by atoms with van der Waals surface area (Å²) in [5, 5.41) is 0.722. The van der Waals surface area contributed by atoms with Gasteiger partial charge in [0.25, 0.3) is 11.1 Å². The molecule has 1 aliphatic rings.